The summed E-state index contributed by atoms with van der Waals surface area (Å²) in [5.41, 5.74) is 6.96. The fraction of sp³-hybridized carbons (Fsp3) is 0.500. The molecule has 0 amide bonds. The van der Waals surface area contributed by atoms with Crippen molar-refractivity contribution in [1.29, 1.82) is 0 Å². The fourth-order valence-electron chi connectivity index (χ4n) is 2.03. The standard InChI is InChI=1S/C10H15N3/c1-13-10-8(5-6-11)3-2-4-9(10)7-12-13/h2-4,7,9-10H,5-6,11H2,1H3. The van der Waals surface area contributed by atoms with Gasteiger partial charge in [-0.05, 0) is 18.5 Å². The number of fused-ring (bicyclic) bond motifs is 1. The maximum atomic E-state index is 5.56. The number of rotatable bonds is 2. The molecule has 0 saturated heterocycles. The highest BCUT2D eigenvalue weighted by atomic mass is 15.5. The van der Waals surface area contributed by atoms with Gasteiger partial charge in [0.1, 0.15) is 0 Å². The topological polar surface area (TPSA) is 41.6 Å². The van der Waals surface area contributed by atoms with Crippen molar-refractivity contribution in [2.45, 2.75) is 12.5 Å². The quantitative estimate of drug-likeness (QED) is 0.676. The Kier molecular flexibility index (Phi) is 2.19. The van der Waals surface area contributed by atoms with Gasteiger partial charge in [0.05, 0.1) is 6.04 Å². The van der Waals surface area contributed by atoms with E-state index in [4.69, 9.17) is 5.73 Å². The number of likely N-dealkylation sites (N-methyl/N-ethyl adjacent to an activating group) is 1. The van der Waals surface area contributed by atoms with Gasteiger partial charge in [0, 0.05) is 19.2 Å². The van der Waals surface area contributed by atoms with E-state index in [-0.39, 0.29) is 0 Å². The molecule has 2 aliphatic rings. The van der Waals surface area contributed by atoms with E-state index in [2.05, 4.69) is 23.3 Å². The lowest BCUT2D eigenvalue weighted by atomic mass is 9.88. The van der Waals surface area contributed by atoms with Crippen molar-refractivity contribution in [3.8, 4) is 0 Å². The smallest absolute Gasteiger partial charge is 0.0793 e. The first kappa shape index (κ1) is 8.51. The van der Waals surface area contributed by atoms with Gasteiger partial charge in [-0.2, -0.15) is 5.10 Å². The molecule has 0 spiro atoms. The zero-order chi connectivity index (χ0) is 9.26. The van der Waals surface area contributed by atoms with E-state index in [9.17, 15) is 0 Å². The molecule has 3 nitrogen and oxygen atoms in total. The molecule has 0 aromatic heterocycles. The molecule has 0 radical (unpaired) electrons. The molecular weight excluding hydrogens is 162 g/mol. The second-order valence-corrected chi connectivity index (χ2v) is 3.53. The first-order chi connectivity index (χ1) is 6.33. The van der Waals surface area contributed by atoms with Crippen molar-refractivity contribution in [3.63, 3.8) is 0 Å². The van der Waals surface area contributed by atoms with Gasteiger partial charge in [-0.1, -0.05) is 18.2 Å². The van der Waals surface area contributed by atoms with Gasteiger partial charge in [-0.3, -0.25) is 5.01 Å². The van der Waals surface area contributed by atoms with Crippen molar-refractivity contribution in [3.05, 3.63) is 23.8 Å². The van der Waals surface area contributed by atoms with E-state index >= 15 is 0 Å². The van der Waals surface area contributed by atoms with Gasteiger partial charge in [-0.15, -0.1) is 0 Å². The lowest BCUT2D eigenvalue weighted by Gasteiger charge is -2.27. The van der Waals surface area contributed by atoms with Crippen molar-refractivity contribution in [2.24, 2.45) is 16.8 Å². The van der Waals surface area contributed by atoms with E-state index in [1.54, 1.807) is 0 Å². The molecular formula is C10H15N3. The van der Waals surface area contributed by atoms with E-state index in [0.717, 1.165) is 13.0 Å². The first-order valence-corrected chi connectivity index (χ1v) is 4.67. The van der Waals surface area contributed by atoms with Crippen LogP contribution in [0.5, 0.6) is 0 Å². The van der Waals surface area contributed by atoms with Crippen molar-refractivity contribution in [1.82, 2.24) is 5.01 Å². The minimum Gasteiger partial charge on any atom is -0.330 e. The summed E-state index contributed by atoms with van der Waals surface area (Å²) in [6.07, 6.45) is 9.44. The van der Waals surface area contributed by atoms with Crippen LogP contribution in [0.15, 0.2) is 28.9 Å². The Morgan fingerprint density at radius 1 is 1.62 bits per heavy atom. The van der Waals surface area contributed by atoms with Gasteiger partial charge in [-0.25, -0.2) is 0 Å². The molecule has 2 unspecified atom stereocenters. The minimum absolute atomic E-state index is 0.425. The van der Waals surface area contributed by atoms with E-state index in [1.165, 1.54) is 5.57 Å². The summed E-state index contributed by atoms with van der Waals surface area (Å²) in [6, 6.07) is 0.425. The Morgan fingerprint density at radius 3 is 3.23 bits per heavy atom. The third-order valence-electron chi connectivity index (χ3n) is 2.64. The van der Waals surface area contributed by atoms with Crippen LogP contribution in [0.4, 0.5) is 0 Å². The van der Waals surface area contributed by atoms with Crippen LogP contribution < -0.4 is 5.73 Å². The molecule has 0 bridgehead atoms. The van der Waals surface area contributed by atoms with Crippen molar-refractivity contribution >= 4 is 6.21 Å². The average Bonchev–Trinajstić information content (AvgIpc) is 2.50. The number of nitrogens with two attached hydrogens (primary N) is 1. The Labute approximate surface area is 78.6 Å². The Hall–Kier alpha value is -1.09. The highest BCUT2D eigenvalue weighted by Crippen LogP contribution is 2.28. The van der Waals surface area contributed by atoms with E-state index in [1.807, 2.05) is 18.3 Å². The highest BCUT2D eigenvalue weighted by molar-refractivity contribution is 5.68. The van der Waals surface area contributed by atoms with E-state index in [0.29, 0.717) is 12.0 Å². The molecule has 1 aliphatic heterocycles. The largest absolute Gasteiger partial charge is 0.330 e. The van der Waals surface area contributed by atoms with Crippen LogP contribution >= 0.6 is 0 Å². The summed E-state index contributed by atoms with van der Waals surface area (Å²) in [5.74, 6) is 0.455. The summed E-state index contributed by atoms with van der Waals surface area (Å²) in [7, 11) is 2.02. The molecule has 1 aliphatic carbocycles. The summed E-state index contributed by atoms with van der Waals surface area (Å²) in [6.45, 7) is 0.719. The Bertz CT molecular complexity index is 278. The van der Waals surface area contributed by atoms with Crippen LogP contribution in [0.1, 0.15) is 6.42 Å². The van der Waals surface area contributed by atoms with Gasteiger partial charge in [0.15, 0.2) is 0 Å². The molecule has 0 aromatic carbocycles. The Balaban J connectivity index is 2.19. The summed E-state index contributed by atoms with van der Waals surface area (Å²) < 4.78 is 0. The molecule has 13 heavy (non-hydrogen) atoms. The third-order valence-corrected chi connectivity index (χ3v) is 2.64. The van der Waals surface area contributed by atoms with Crippen LogP contribution in [0, 0.1) is 5.92 Å². The van der Waals surface area contributed by atoms with Crippen molar-refractivity contribution < 1.29 is 0 Å². The zero-order valence-electron chi connectivity index (χ0n) is 7.85. The lowest BCUT2D eigenvalue weighted by Crippen LogP contribution is -2.32. The van der Waals surface area contributed by atoms with Gasteiger partial charge in [0.25, 0.3) is 0 Å². The third kappa shape index (κ3) is 1.40. The average molecular weight is 177 g/mol. The van der Waals surface area contributed by atoms with Crippen LogP contribution in [0.2, 0.25) is 0 Å². The molecule has 2 atom stereocenters. The lowest BCUT2D eigenvalue weighted by molar-refractivity contribution is 0.290. The van der Waals surface area contributed by atoms with Gasteiger partial charge in [0.2, 0.25) is 0 Å². The van der Waals surface area contributed by atoms with Crippen LogP contribution in [-0.4, -0.2) is 30.9 Å². The fourth-order valence-corrected chi connectivity index (χ4v) is 2.03. The monoisotopic (exact) mass is 177 g/mol. The molecule has 1 heterocycles. The minimum atomic E-state index is 0.425. The number of nitrogens with zero attached hydrogens (tertiary/aromatic N) is 2. The Morgan fingerprint density at radius 2 is 2.46 bits per heavy atom. The zero-order valence-corrected chi connectivity index (χ0v) is 7.85. The molecule has 0 aromatic rings. The van der Waals surface area contributed by atoms with Crippen molar-refractivity contribution in [2.75, 3.05) is 13.6 Å². The second-order valence-electron chi connectivity index (χ2n) is 3.53. The summed E-state index contributed by atoms with van der Waals surface area (Å²) in [4.78, 5) is 0. The van der Waals surface area contributed by atoms with Gasteiger partial charge >= 0.3 is 0 Å². The van der Waals surface area contributed by atoms with Crippen LogP contribution in [0.25, 0.3) is 0 Å². The molecule has 0 fully saturated rings. The number of allylic oxidation sites excluding steroid dienone is 2. The predicted octanol–water partition coefficient (Wildman–Crippen LogP) is 0.747. The first-order valence-electron chi connectivity index (χ1n) is 4.67. The molecule has 2 rings (SSSR count). The SMILES string of the molecule is CN1N=CC2C=CC=C(CCN)C21. The number of hydrogen-bond donors (Lipinski definition) is 1. The normalized spacial score (nSPS) is 30.6. The maximum absolute atomic E-state index is 5.56. The van der Waals surface area contributed by atoms with Crippen LogP contribution in [0.3, 0.4) is 0 Å². The number of hydrogen-bond acceptors (Lipinski definition) is 3. The number of hydrazone groups is 1. The summed E-state index contributed by atoms with van der Waals surface area (Å²) >= 11 is 0. The molecule has 70 valence electrons. The predicted molar refractivity (Wildman–Crippen MR) is 54.4 cm³/mol. The molecule has 3 heteroatoms. The second kappa shape index (κ2) is 3.34. The van der Waals surface area contributed by atoms with Crippen LogP contribution in [-0.2, 0) is 0 Å². The molecule has 0 saturated carbocycles. The highest BCUT2D eigenvalue weighted by Gasteiger charge is 2.30. The summed E-state index contributed by atoms with van der Waals surface area (Å²) in [5, 5.41) is 6.31. The maximum Gasteiger partial charge on any atom is 0.0793 e. The van der Waals surface area contributed by atoms with Gasteiger partial charge < -0.3 is 5.73 Å². The van der Waals surface area contributed by atoms with E-state index < -0.39 is 0 Å². The molecule has 2 N–H and O–H groups in total.